The van der Waals surface area contributed by atoms with Crippen molar-refractivity contribution < 1.29 is 19.4 Å². The van der Waals surface area contributed by atoms with Gasteiger partial charge in [0, 0.05) is 18.1 Å². The summed E-state index contributed by atoms with van der Waals surface area (Å²) in [4.78, 5) is 15.9. The van der Waals surface area contributed by atoms with Crippen molar-refractivity contribution in [2.45, 2.75) is 12.8 Å². The van der Waals surface area contributed by atoms with E-state index in [2.05, 4.69) is 9.72 Å². The molecule has 0 saturated carbocycles. The van der Waals surface area contributed by atoms with Gasteiger partial charge >= 0.3 is 5.97 Å². The van der Waals surface area contributed by atoms with Crippen LogP contribution in [0.1, 0.15) is 17.7 Å². The first-order valence-corrected chi connectivity index (χ1v) is 5.22. The van der Waals surface area contributed by atoms with E-state index in [9.17, 15) is 9.90 Å². The Labute approximate surface area is 98.7 Å². The zero-order chi connectivity index (χ0) is 12.4. The number of nitrogens with zero attached hydrogens (tertiary/aromatic N) is 1. The minimum absolute atomic E-state index is 0.0521. The quantitative estimate of drug-likeness (QED) is 0.786. The van der Waals surface area contributed by atoms with Crippen LogP contribution in [0, 0.1) is 0 Å². The van der Waals surface area contributed by atoms with Crippen LogP contribution in [0.3, 0.4) is 0 Å². The molecular formula is C12H13NO4. The molecule has 1 aliphatic carbocycles. The van der Waals surface area contributed by atoms with Crippen molar-refractivity contribution in [1.82, 2.24) is 4.98 Å². The number of hydrogen-bond donors (Lipinski definition) is 1. The van der Waals surface area contributed by atoms with Gasteiger partial charge in [0.1, 0.15) is 11.3 Å². The van der Waals surface area contributed by atoms with Crippen molar-refractivity contribution in [2.75, 3.05) is 14.2 Å². The van der Waals surface area contributed by atoms with Crippen LogP contribution in [0.25, 0.3) is 5.57 Å². The molecule has 2 rings (SSSR count). The number of allylic oxidation sites excluding steroid dienone is 1. The molecule has 0 atom stereocenters. The number of carbonyl (C=O) groups is 1. The molecule has 1 aromatic heterocycles. The molecule has 1 aliphatic rings. The molecule has 0 spiro atoms. The average molecular weight is 235 g/mol. The molecule has 0 saturated heterocycles. The van der Waals surface area contributed by atoms with Gasteiger partial charge in [0.25, 0.3) is 0 Å². The predicted molar refractivity (Wildman–Crippen MR) is 60.7 cm³/mol. The highest BCUT2D eigenvalue weighted by molar-refractivity contribution is 6.17. The predicted octanol–water partition coefficient (Wildman–Crippen LogP) is 1.48. The normalized spacial score (nSPS) is 14.2. The van der Waals surface area contributed by atoms with Crippen LogP contribution < -0.4 is 4.74 Å². The number of pyridine rings is 1. The largest absolute Gasteiger partial charge is 0.511 e. The van der Waals surface area contributed by atoms with E-state index in [1.54, 1.807) is 12.1 Å². The maximum Gasteiger partial charge on any atom is 0.341 e. The lowest BCUT2D eigenvalue weighted by molar-refractivity contribution is -0.133. The second kappa shape index (κ2) is 4.45. The molecule has 1 heterocycles. The van der Waals surface area contributed by atoms with Gasteiger partial charge in [-0.05, 0) is 12.5 Å². The molecule has 0 radical (unpaired) electrons. The topological polar surface area (TPSA) is 68.7 Å². The van der Waals surface area contributed by atoms with Crippen LogP contribution in [0.2, 0.25) is 0 Å². The fourth-order valence-electron chi connectivity index (χ4n) is 1.86. The molecule has 1 aromatic rings. The Hall–Kier alpha value is -2.04. The first kappa shape index (κ1) is 11.4. The van der Waals surface area contributed by atoms with Crippen LogP contribution in [0.5, 0.6) is 5.88 Å². The maximum absolute atomic E-state index is 11.6. The van der Waals surface area contributed by atoms with E-state index in [0.29, 0.717) is 24.3 Å². The van der Waals surface area contributed by atoms with Crippen LogP contribution >= 0.6 is 0 Å². The van der Waals surface area contributed by atoms with Gasteiger partial charge in [0.2, 0.25) is 5.88 Å². The lowest BCUT2D eigenvalue weighted by atomic mass is 9.93. The molecule has 0 unspecified atom stereocenters. The number of fused-ring (bicyclic) bond motifs is 1. The van der Waals surface area contributed by atoms with Crippen molar-refractivity contribution in [3.05, 3.63) is 29.1 Å². The van der Waals surface area contributed by atoms with Crippen molar-refractivity contribution in [2.24, 2.45) is 0 Å². The van der Waals surface area contributed by atoms with Gasteiger partial charge in [-0.1, -0.05) is 0 Å². The van der Waals surface area contributed by atoms with E-state index in [1.165, 1.54) is 14.2 Å². The number of rotatable bonds is 2. The van der Waals surface area contributed by atoms with Gasteiger partial charge < -0.3 is 14.6 Å². The van der Waals surface area contributed by atoms with E-state index < -0.39 is 5.97 Å². The van der Waals surface area contributed by atoms with Gasteiger partial charge in [0.15, 0.2) is 0 Å². The molecule has 1 N–H and O–H groups in total. The standard InChI is InChI=1S/C12H13NO4/c1-16-10-6-3-7-8(13-10)4-5-9(14)11(7)12(15)17-2/h3,6,14H,4-5H2,1-2H3. The summed E-state index contributed by atoms with van der Waals surface area (Å²) in [7, 11) is 2.82. The number of aryl methyl sites for hydroxylation is 1. The molecule has 0 amide bonds. The van der Waals surface area contributed by atoms with Crippen LogP contribution in [-0.4, -0.2) is 30.3 Å². The number of hydrogen-bond acceptors (Lipinski definition) is 5. The number of esters is 1. The Kier molecular flexibility index (Phi) is 2.99. The van der Waals surface area contributed by atoms with Crippen molar-refractivity contribution in [3.63, 3.8) is 0 Å². The lowest BCUT2D eigenvalue weighted by Gasteiger charge is -2.18. The van der Waals surface area contributed by atoms with E-state index in [4.69, 9.17) is 4.74 Å². The van der Waals surface area contributed by atoms with E-state index in [-0.39, 0.29) is 11.3 Å². The van der Waals surface area contributed by atoms with Gasteiger partial charge in [0.05, 0.1) is 19.9 Å². The molecule has 0 bridgehead atoms. The zero-order valence-electron chi connectivity index (χ0n) is 9.69. The number of aromatic nitrogens is 1. The minimum atomic E-state index is -0.546. The number of methoxy groups -OCH3 is 2. The smallest absolute Gasteiger partial charge is 0.341 e. The number of aliphatic hydroxyl groups is 1. The van der Waals surface area contributed by atoms with Crippen LogP contribution in [0.15, 0.2) is 17.9 Å². The molecular weight excluding hydrogens is 222 g/mol. The Balaban J connectivity index is 2.52. The highest BCUT2D eigenvalue weighted by atomic mass is 16.5. The third-order valence-electron chi connectivity index (χ3n) is 2.70. The summed E-state index contributed by atoms with van der Waals surface area (Å²) < 4.78 is 9.68. The number of carbonyl (C=O) groups excluding carboxylic acids is 1. The molecule has 0 fully saturated rings. The summed E-state index contributed by atoms with van der Waals surface area (Å²) in [6, 6.07) is 3.36. The van der Waals surface area contributed by atoms with Crippen LogP contribution in [-0.2, 0) is 16.0 Å². The summed E-state index contributed by atoms with van der Waals surface area (Å²) in [6.07, 6.45) is 0.969. The van der Waals surface area contributed by atoms with E-state index >= 15 is 0 Å². The Morgan fingerprint density at radius 3 is 2.76 bits per heavy atom. The SMILES string of the molecule is COC(=O)C1=C(O)CCc2nc(OC)ccc21. The summed E-state index contributed by atoms with van der Waals surface area (Å²) in [5, 5.41) is 9.76. The lowest BCUT2D eigenvalue weighted by Crippen LogP contribution is -2.15. The Bertz CT molecular complexity index is 493. The summed E-state index contributed by atoms with van der Waals surface area (Å²) in [6.45, 7) is 0. The van der Waals surface area contributed by atoms with Crippen molar-refractivity contribution in [1.29, 1.82) is 0 Å². The van der Waals surface area contributed by atoms with Crippen LogP contribution in [0.4, 0.5) is 0 Å². The maximum atomic E-state index is 11.6. The first-order chi connectivity index (χ1) is 8.17. The fourth-order valence-corrected chi connectivity index (χ4v) is 1.86. The molecule has 5 nitrogen and oxygen atoms in total. The van der Waals surface area contributed by atoms with Gasteiger partial charge in [-0.25, -0.2) is 9.78 Å². The summed E-state index contributed by atoms with van der Waals surface area (Å²) in [5.74, 6) is 0.00101. The Morgan fingerprint density at radius 1 is 1.35 bits per heavy atom. The van der Waals surface area contributed by atoms with Gasteiger partial charge in [-0.15, -0.1) is 0 Å². The third kappa shape index (κ3) is 1.95. The molecule has 90 valence electrons. The van der Waals surface area contributed by atoms with E-state index in [1.807, 2.05) is 0 Å². The molecule has 5 heteroatoms. The number of aliphatic hydroxyl groups excluding tert-OH is 1. The first-order valence-electron chi connectivity index (χ1n) is 5.22. The van der Waals surface area contributed by atoms with Gasteiger partial charge in [-0.3, -0.25) is 0 Å². The highest BCUT2D eigenvalue weighted by Crippen LogP contribution is 2.31. The molecule has 17 heavy (non-hydrogen) atoms. The Morgan fingerprint density at radius 2 is 2.12 bits per heavy atom. The zero-order valence-corrected chi connectivity index (χ0v) is 9.69. The third-order valence-corrected chi connectivity index (χ3v) is 2.70. The minimum Gasteiger partial charge on any atom is -0.511 e. The van der Waals surface area contributed by atoms with Crippen molar-refractivity contribution in [3.8, 4) is 5.88 Å². The fraction of sp³-hybridized carbons (Fsp3) is 0.333. The molecule has 0 aliphatic heterocycles. The second-order valence-electron chi connectivity index (χ2n) is 3.66. The average Bonchev–Trinajstić information content (AvgIpc) is 2.37. The highest BCUT2D eigenvalue weighted by Gasteiger charge is 2.26. The van der Waals surface area contributed by atoms with Crippen molar-refractivity contribution >= 4 is 11.5 Å². The van der Waals surface area contributed by atoms with E-state index in [0.717, 1.165) is 5.69 Å². The summed E-state index contributed by atoms with van der Waals surface area (Å²) >= 11 is 0. The number of ether oxygens (including phenoxy) is 2. The monoisotopic (exact) mass is 235 g/mol. The molecule has 0 aromatic carbocycles. The second-order valence-corrected chi connectivity index (χ2v) is 3.66. The van der Waals surface area contributed by atoms with Gasteiger partial charge in [-0.2, -0.15) is 0 Å². The summed E-state index contributed by atoms with van der Waals surface area (Å²) in [5.41, 5.74) is 1.55.